The number of hydrogen-bond donors (Lipinski definition) is 1. The van der Waals surface area contributed by atoms with Crippen molar-refractivity contribution in [1.29, 1.82) is 0 Å². The molecule has 0 aliphatic carbocycles. The van der Waals surface area contributed by atoms with Gasteiger partial charge in [0.25, 0.3) is 0 Å². The Balaban J connectivity index is 1.35. The van der Waals surface area contributed by atoms with Gasteiger partial charge in [0, 0.05) is 18.9 Å². The molecule has 130 valence electrons. The summed E-state index contributed by atoms with van der Waals surface area (Å²) < 4.78 is 12.4. The number of benzene rings is 1. The lowest BCUT2D eigenvalue weighted by molar-refractivity contribution is 0.120. The van der Waals surface area contributed by atoms with Gasteiger partial charge in [-0.15, -0.1) is 10.2 Å². The number of hydrogen-bond acceptors (Lipinski definition) is 7. The van der Waals surface area contributed by atoms with Crippen LogP contribution in [0.5, 0.6) is 5.75 Å². The Bertz CT molecular complexity index is 630. The Morgan fingerprint density at radius 2 is 2.38 bits per heavy atom. The van der Waals surface area contributed by atoms with E-state index in [0.717, 1.165) is 53.4 Å². The summed E-state index contributed by atoms with van der Waals surface area (Å²) in [5.74, 6) is 1.79. The van der Waals surface area contributed by atoms with Crippen LogP contribution in [0.25, 0.3) is 0 Å². The molecule has 1 aliphatic rings. The third-order valence-corrected chi connectivity index (χ3v) is 5.77. The van der Waals surface area contributed by atoms with Crippen LogP contribution >= 0.6 is 23.1 Å². The largest absolute Gasteiger partial charge is 0.493 e. The zero-order valence-corrected chi connectivity index (χ0v) is 15.5. The smallest absolute Gasteiger partial charge is 0.206 e. The first-order chi connectivity index (χ1) is 11.8. The van der Waals surface area contributed by atoms with Gasteiger partial charge in [0.2, 0.25) is 5.13 Å². The molecule has 1 fully saturated rings. The second-order valence-corrected chi connectivity index (χ2v) is 7.91. The van der Waals surface area contributed by atoms with Crippen molar-refractivity contribution in [1.82, 2.24) is 10.2 Å². The standard InChI is InChI=1S/C17H23N3O2S2/c1-2-13-5-3-6-14(11-13)22-9-10-23-17-20-19-16(24-17)18-12-15-7-4-8-21-15/h3,5-6,11,15H,2,4,7-10,12H2,1H3,(H,18,19). The minimum absolute atomic E-state index is 0.317. The summed E-state index contributed by atoms with van der Waals surface area (Å²) in [6, 6.07) is 8.26. The lowest BCUT2D eigenvalue weighted by atomic mass is 10.2. The van der Waals surface area contributed by atoms with E-state index in [-0.39, 0.29) is 0 Å². The fraction of sp³-hybridized carbons (Fsp3) is 0.529. The van der Waals surface area contributed by atoms with Crippen molar-refractivity contribution in [3.05, 3.63) is 29.8 Å². The highest BCUT2D eigenvalue weighted by Crippen LogP contribution is 2.26. The number of aryl methyl sites for hydroxylation is 1. The van der Waals surface area contributed by atoms with Crippen LogP contribution in [0.3, 0.4) is 0 Å². The van der Waals surface area contributed by atoms with Crippen LogP contribution in [0.4, 0.5) is 5.13 Å². The highest BCUT2D eigenvalue weighted by Gasteiger charge is 2.15. The van der Waals surface area contributed by atoms with E-state index in [4.69, 9.17) is 9.47 Å². The molecule has 1 atom stereocenters. The van der Waals surface area contributed by atoms with Gasteiger partial charge in [-0.2, -0.15) is 0 Å². The van der Waals surface area contributed by atoms with Gasteiger partial charge in [0.05, 0.1) is 12.7 Å². The molecular weight excluding hydrogens is 342 g/mol. The number of rotatable bonds is 9. The highest BCUT2D eigenvalue weighted by atomic mass is 32.2. The van der Waals surface area contributed by atoms with Gasteiger partial charge in [-0.25, -0.2) is 0 Å². The molecular formula is C17H23N3O2S2. The van der Waals surface area contributed by atoms with Gasteiger partial charge in [-0.1, -0.05) is 42.2 Å². The fourth-order valence-electron chi connectivity index (χ4n) is 2.49. The van der Waals surface area contributed by atoms with Gasteiger partial charge in [-0.05, 0) is 37.0 Å². The van der Waals surface area contributed by atoms with Crippen molar-refractivity contribution in [3.8, 4) is 5.75 Å². The lowest BCUT2D eigenvalue weighted by Gasteiger charge is -2.08. The van der Waals surface area contributed by atoms with Gasteiger partial charge in [-0.3, -0.25) is 0 Å². The minimum Gasteiger partial charge on any atom is -0.493 e. The van der Waals surface area contributed by atoms with Crippen molar-refractivity contribution in [3.63, 3.8) is 0 Å². The highest BCUT2D eigenvalue weighted by molar-refractivity contribution is 8.01. The minimum atomic E-state index is 0.317. The van der Waals surface area contributed by atoms with Gasteiger partial charge >= 0.3 is 0 Å². The molecule has 3 rings (SSSR count). The molecule has 1 aromatic heterocycles. The number of nitrogens with zero attached hydrogens (tertiary/aromatic N) is 2. The van der Waals surface area contributed by atoms with E-state index in [1.165, 1.54) is 5.56 Å². The zero-order chi connectivity index (χ0) is 16.6. The van der Waals surface area contributed by atoms with E-state index in [0.29, 0.717) is 12.7 Å². The molecule has 5 nitrogen and oxygen atoms in total. The van der Waals surface area contributed by atoms with Crippen molar-refractivity contribution < 1.29 is 9.47 Å². The average molecular weight is 366 g/mol. The normalized spacial score (nSPS) is 17.1. The van der Waals surface area contributed by atoms with E-state index in [1.54, 1.807) is 23.1 Å². The second kappa shape index (κ2) is 9.25. The van der Waals surface area contributed by atoms with Crippen LogP contribution in [0, 0.1) is 0 Å². The van der Waals surface area contributed by atoms with Crippen molar-refractivity contribution in [2.75, 3.05) is 30.8 Å². The van der Waals surface area contributed by atoms with Crippen molar-refractivity contribution >= 4 is 28.2 Å². The Labute approximate surface area is 151 Å². The first-order valence-electron chi connectivity index (χ1n) is 8.37. The first kappa shape index (κ1) is 17.5. The number of anilines is 1. The molecule has 0 bridgehead atoms. The van der Waals surface area contributed by atoms with Gasteiger partial charge in [0.1, 0.15) is 5.75 Å². The second-order valence-electron chi connectivity index (χ2n) is 5.59. The molecule has 2 aromatic rings. The monoisotopic (exact) mass is 365 g/mol. The summed E-state index contributed by atoms with van der Waals surface area (Å²) in [6.45, 7) is 4.51. The van der Waals surface area contributed by atoms with Crippen LogP contribution in [-0.4, -0.2) is 41.8 Å². The summed E-state index contributed by atoms with van der Waals surface area (Å²) in [7, 11) is 0. The maximum Gasteiger partial charge on any atom is 0.206 e. The predicted molar refractivity (Wildman–Crippen MR) is 99.4 cm³/mol. The van der Waals surface area contributed by atoms with E-state index < -0.39 is 0 Å². The quantitative estimate of drug-likeness (QED) is 0.538. The van der Waals surface area contributed by atoms with Gasteiger partial charge in [0.15, 0.2) is 4.34 Å². The fourth-order valence-corrected chi connectivity index (χ4v) is 4.14. The molecule has 0 spiro atoms. The molecule has 7 heteroatoms. The third kappa shape index (κ3) is 5.36. The molecule has 0 amide bonds. The van der Waals surface area contributed by atoms with E-state index >= 15 is 0 Å². The van der Waals surface area contributed by atoms with Gasteiger partial charge < -0.3 is 14.8 Å². The van der Waals surface area contributed by atoms with Crippen LogP contribution in [0.1, 0.15) is 25.3 Å². The number of thioether (sulfide) groups is 1. The maximum absolute atomic E-state index is 5.80. The van der Waals surface area contributed by atoms with E-state index in [1.807, 2.05) is 12.1 Å². The molecule has 1 saturated heterocycles. The average Bonchev–Trinajstić information content (AvgIpc) is 3.29. The number of ether oxygens (including phenoxy) is 2. The zero-order valence-electron chi connectivity index (χ0n) is 13.9. The molecule has 24 heavy (non-hydrogen) atoms. The van der Waals surface area contributed by atoms with Crippen molar-refractivity contribution in [2.45, 2.75) is 36.6 Å². The predicted octanol–water partition coefficient (Wildman–Crippen LogP) is 3.86. The molecule has 1 N–H and O–H groups in total. The Morgan fingerprint density at radius 1 is 1.42 bits per heavy atom. The first-order valence-corrected chi connectivity index (χ1v) is 10.2. The summed E-state index contributed by atoms with van der Waals surface area (Å²) in [4.78, 5) is 0. The molecule has 1 aromatic carbocycles. The Hall–Kier alpha value is -1.31. The van der Waals surface area contributed by atoms with E-state index in [9.17, 15) is 0 Å². The summed E-state index contributed by atoms with van der Waals surface area (Å²) >= 11 is 3.26. The van der Waals surface area contributed by atoms with Crippen molar-refractivity contribution in [2.24, 2.45) is 0 Å². The molecule has 0 radical (unpaired) electrons. The maximum atomic E-state index is 5.80. The molecule has 2 heterocycles. The van der Waals surface area contributed by atoms with E-state index in [2.05, 4.69) is 34.6 Å². The Kier molecular flexibility index (Phi) is 6.75. The number of nitrogens with one attached hydrogen (secondary N) is 1. The number of aromatic nitrogens is 2. The summed E-state index contributed by atoms with van der Waals surface area (Å²) in [5, 5.41) is 12.6. The SMILES string of the molecule is CCc1cccc(OCCSc2nnc(NCC3CCCO3)s2)c1. The Morgan fingerprint density at radius 3 is 3.21 bits per heavy atom. The van der Waals surface area contributed by atoms with Crippen LogP contribution in [0.15, 0.2) is 28.6 Å². The lowest BCUT2D eigenvalue weighted by Crippen LogP contribution is -2.18. The van der Waals surface area contributed by atoms with Crippen LogP contribution < -0.4 is 10.1 Å². The molecule has 1 aliphatic heterocycles. The van der Waals surface area contributed by atoms with Crippen LogP contribution in [-0.2, 0) is 11.2 Å². The third-order valence-electron chi connectivity index (χ3n) is 3.80. The topological polar surface area (TPSA) is 56.3 Å². The molecule has 0 saturated carbocycles. The molecule has 1 unspecified atom stereocenters. The summed E-state index contributed by atoms with van der Waals surface area (Å²) in [5.41, 5.74) is 1.30. The van der Waals surface area contributed by atoms with Crippen LogP contribution in [0.2, 0.25) is 0 Å². The summed E-state index contributed by atoms with van der Waals surface area (Å²) in [6.07, 6.45) is 3.63.